The van der Waals surface area contributed by atoms with Crippen molar-refractivity contribution in [2.75, 3.05) is 31.3 Å². The maximum Gasteiger partial charge on any atom is 0.261 e. The lowest BCUT2D eigenvalue weighted by molar-refractivity contribution is -0.128. The number of carbonyl (C=O) groups excluding carboxylic acids is 1. The van der Waals surface area contributed by atoms with Crippen molar-refractivity contribution in [1.29, 1.82) is 0 Å². The molecule has 0 heterocycles. The monoisotopic (exact) mass is 420 g/mol. The third-order valence-corrected chi connectivity index (χ3v) is 5.72. The fraction of sp³-hybridized carbons (Fsp3) is 0.381. The normalized spacial score (nSPS) is 12.1. The second kappa shape index (κ2) is 10.2. The van der Waals surface area contributed by atoms with Gasteiger partial charge in [-0.05, 0) is 54.8 Å². The van der Waals surface area contributed by atoms with Crippen LogP contribution in [0.3, 0.4) is 0 Å². The van der Waals surface area contributed by atoms with Gasteiger partial charge in [-0.1, -0.05) is 19.1 Å². The number of anilines is 1. The molecule has 0 saturated heterocycles. The highest BCUT2D eigenvalue weighted by molar-refractivity contribution is 7.92. The van der Waals surface area contributed by atoms with E-state index in [1.807, 2.05) is 31.2 Å². The van der Waals surface area contributed by atoms with Gasteiger partial charge in [0.2, 0.25) is 10.0 Å². The molecule has 1 unspecified atom stereocenters. The molecular weight excluding hydrogens is 392 g/mol. The Labute approximate surface area is 172 Å². The van der Waals surface area contributed by atoms with Crippen LogP contribution in [-0.2, 0) is 21.2 Å². The van der Waals surface area contributed by atoms with Crippen LogP contribution in [0, 0.1) is 0 Å². The van der Waals surface area contributed by atoms with E-state index in [1.54, 1.807) is 31.4 Å². The van der Waals surface area contributed by atoms with Crippen LogP contribution in [-0.4, -0.2) is 47.4 Å². The number of ether oxygens (including phenoxy) is 2. The van der Waals surface area contributed by atoms with Crippen molar-refractivity contribution in [3.63, 3.8) is 0 Å². The Morgan fingerprint density at radius 3 is 2.17 bits per heavy atom. The molecule has 158 valence electrons. The van der Waals surface area contributed by atoms with Crippen LogP contribution >= 0.6 is 0 Å². The topological polar surface area (TPSA) is 84.9 Å². The van der Waals surface area contributed by atoms with E-state index < -0.39 is 16.1 Å². The largest absolute Gasteiger partial charge is 0.497 e. The van der Waals surface area contributed by atoms with E-state index >= 15 is 0 Å². The van der Waals surface area contributed by atoms with Gasteiger partial charge in [0, 0.05) is 13.6 Å². The number of hydrogen-bond acceptors (Lipinski definition) is 5. The molecule has 1 amide bonds. The standard InChI is InChI=1S/C21H28N2O5S/c1-5-20(21(24)22-15-14-16-6-10-18(27-3)11-7-16)28-19-12-8-17(9-13-19)23(2)29(4,25)26/h6-13,20H,5,14-15H2,1-4H3,(H,22,24). The smallest absolute Gasteiger partial charge is 0.261 e. The first kappa shape index (κ1) is 22.5. The summed E-state index contributed by atoms with van der Waals surface area (Å²) >= 11 is 0. The molecule has 0 saturated carbocycles. The molecule has 7 nitrogen and oxygen atoms in total. The van der Waals surface area contributed by atoms with Crippen LogP contribution in [0.1, 0.15) is 18.9 Å². The molecule has 0 aliphatic carbocycles. The third-order valence-electron chi connectivity index (χ3n) is 4.51. The third kappa shape index (κ3) is 6.67. The average Bonchev–Trinajstić information content (AvgIpc) is 2.71. The summed E-state index contributed by atoms with van der Waals surface area (Å²) in [6, 6.07) is 14.3. The molecule has 2 rings (SSSR count). The van der Waals surface area contributed by atoms with Crippen LogP contribution in [0.4, 0.5) is 5.69 Å². The molecule has 1 N–H and O–H groups in total. The molecule has 0 aromatic heterocycles. The zero-order valence-corrected chi connectivity index (χ0v) is 18.0. The van der Waals surface area contributed by atoms with Gasteiger partial charge in [0.25, 0.3) is 5.91 Å². The van der Waals surface area contributed by atoms with Gasteiger partial charge >= 0.3 is 0 Å². The number of nitrogens with zero attached hydrogens (tertiary/aromatic N) is 1. The van der Waals surface area contributed by atoms with Crippen LogP contribution in [0.5, 0.6) is 11.5 Å². The molecule has 8 heteroatoms. The summed E-state index contributed by atoms with van der Waals surface area (Å²) in [6.07, 6.45) is 1.74. The zero-order chi connectivity index (χ0) is 21.4. The number of amides is 1. The second-order valence-corrected chi connectivity index (χ2v) is 8.64. The molecule has 0 radical (unpaired) electrons. The predicted octanol–water partition coefficient (Wildman–Crippen LogP) is 2.61. The van der Waals surface area contributed by atoms with E-state index in [4.69, 9.17) is 9.47 Å². The van der Waals surface area contributed by atoms with Crippen LogP contribution in [0.15, 0.2) is 48.5 Å². The Bertz CT molecular complexity index is 896. The van der Waals surface area contributed by atoms with Gasteiger partial charge in [-0.2, -0.15) is 0 Å². The number of sulfonamides is 1. The van der Waals surface area contributed by atoms with E-state index in [-0.39, 0.29) is 5.91 Å². The van der Waals surface area contributed by atoms with Gasteiger partial charge < -0.3 is 14.8 Å². The van der Waals surface area contributed by atoms with Crippen molar-refractivity contribution in [1.82, 2.24) is 5.32 Å². The maximum atomic E-state index is 12.4. The second-order valence-electron chi connectivity index (χ2n) is 6.63. The van der Waals surface area contributed by atoms with Crippen molar-refractivity contribution in [3.05, 3.63) is 54.1 Å². The molecule has 2 aromatic rings. The summed E-state index contributed by atoms with van der Waals surface area (Å²) in [7, 11) is -0.221. The summed E-state index contributed by atoms with van der Waals surface area (Å²) in [6.45, 7) is 2.38. The first-order valence-electron chi connectivity index (χ1n) is 9.36. The van der Waals surface area contributed by atoms with Gasteiger partial charge in [-0.25, -0.2) is 8.42 Å². The average molecular weight is 421 g/mol. The first-order valence-corrected chi connectivity index (χ1v) is 11.2. The number of carbonyl (C=O) groups is 1. The van der Waals surface area contributed by atoms with Gasteiger partial charge in [-0.3, -0.25) is 9.10 Å². The Balaban J connectivity index is 1.88. The van der Waals surface area contributed by atoms with Gasteiger partial charge in [0.1, 0.15) is 11.5 Å². The van der Waals surface area contributed by atoms with Gasteiger partial charge in [0.05, 0.1) is 19.1 Å². The fourth-order valence-corrected chi connectivity index (χ4v) is 3.15. The molecule has 29 heavy (non-hydrogen) atoms. The Morgan fingerprint density at radius 2 is 1.66 bits per heavy atom. The molecule has 0 aliphatic rings. The lowest BCUT2D eigenvalue weighted by atomic mass is 10.1. The van der Waals surface area contributed by atoms with Crippen molar-refractivity contribution < 1.29 is 22.7 Å². The molecule has 0 fully saturated rings. The number of methoxy groups -OCH3 is 1. The molecule has 0 spiro atoms. The van der Waals surface area contributed by atoms with Crippen molar-refractivity contribution >= 4 is 21.6 Å². The minimum Gasteiger partial charge on any atom is -0.497 e. The first-order chi connectivity index (χ1) is 13.7. The highest BCUT2D eigenvalue weighted by Crippen LogP contribution is 2.21. The van der Waals surface area contributed by atoms with Gasteiger partial charge in [0.15, 0.2) is 6.10 Å². The summed E-state index contributed by atoms with van der Waals surface area (Å²) in [5, 5.41) is 2.90. The Kier molecular flexibility index (Phi) is 7.90. The van der Waals surface area contributed by atoms with E-state index in [0.29, 0.717) is 30.8 Å². The van der Waals surface area contributed by atoms with Crippen molar-refractivity contribution in [2.24, 2.45) is 0 Å². The lowest BCUT2D eigenvalue weighted by Crippen LogP contribution is -2.38. The minimum atomic E-state index is -3.33. The summed E-state index contributed by atoms with van der Waals surface area (Å²) in [4.78, 5) is 12.4. The minimum absolute atomic E-state index is 0.182. The molecule has 0 bridgehead atoms. The van der Waals surface area contributed by atoms with Gasteiger partial charge in [-0.15, -0.1) is 0 Å². The summed E-state index contributed by atoms with van der Waals surface area (Å²) in [5.74, 6) is 1.12. The van der Waals surface area contributed by atoms with Crippen LogP contribution in [0.25, 0.3) is 0 Å². The van der Waals surface area contributed by atoms with E-state index in [0.717, 1.165) is 17.6 Å². The van der Waals surface area contributed by atoms with Crippen LogP contribution < -0.4 is 19.1 Å². The highest BCUT2D eigenvalue weighted by atomic mass is 32.2. The lowest BCUT2D eigenvalue weighted by Gasteiger charge is -2.19. The molecule has 0 aliphatic heterocycles. The number of nitrogens with one attached hydrogen (secondary N) is 1. The SMILES string of the molecule is CCC(Oc1ccc(N(C)S(C)(=O)=O)cc1)C(=O)NCCc1ccc(OC)cc1. The number of benzene rings is 2. The Hall–Kier alpha value is -2.74. The van der Waals surface area contributed by atoms with E-state index in [9.17, 15) is 13.2 Å². The zero-order valence-electron chi connectivity index (χ0n) is 17.2. The highest BCUT2D eigenvalue weighted by Gasteiger charge is 2.18. The number of rotatable bonds is 10. The molecule has 1 atom stereocenters. The molecular formula is C21H28N2O5S. The predicted molar refractivity (Wildman–Crippen MR) is 114 cm³/mol. The molecule has 2 aromatic carbocycles. The number of hydrogen-bond donors (Lipinski definition) is 1. The van der Waals surface area contributed by atoms with Crippen molar-refractivity contribution in [2.45, 2.75) is 25.9 Å². The quantitative estimate of drug-likeness (QED) is 0.639. The van der Waals surface area contributed by atoms with Crippen LogP contribution in [0.2, 0.25) is 0 Å². The van der Waals surface area contributed by atoms with E-state index in [2.05, 4.69) is 5.32 Å². The maximum absolute atomic E-state index is 12.4. The van der Waals surface area contributed by atoms with Crippen molar-refractivity contribution in [3.8, 4) is 11.5 Å². The van der Waals surface area contributed by atoms with E-state index in [1.165, 1.54) is 11.4 Å². The Morgan fingerprint density at radius 1 is 1.07 bits per heavy atom. The summed E-state index contributed by atoms with van der Waals surface area (Å²) < 4.78 is 35.3. The fourth-order valence-electron chi connectivity index (χ4n) is 2.65. The summed E-state index contributed by atoms with van der Waals surface area (Å²) in [5.41, 5.74) is 1.63.